The molecule has 0 radical (unpaired) electrons. The smallest absolute Gasteiger partial charge is 0.360 e. The number of aromatic hydroxyl groups is 1. The largest absolute Gasteiger partial charge is 0.501 e. The lowest BCUT2D eigenvalue weighted by Gasteiger charge is -2.23. The molecule has 2 rings (SSSR count). The molecule has 7 heteroatoms. The van der Waals surface area contributed by atoms with Gasteiger partial charge < -0.3 is 15.6 Å². The highest BCUT2D eigenvalue weighted by atomic mass is 16.5. The van der Waals surface area contributed by atoms with Crippen molar-refractivity contribution in [3.8, 4) is 5.75 Å². The van der Waals surface area contributed by atoms with Gasteiger partial charge in [-0.3, -0.25) is 9.36 Å². The van der Waals surface area contributed by atoms with Crippen LogP contribution in [0, 0.1) is 0 Å². The predicted molar refractivity (Wildman–Crippen MR) is 57.7 cm³/mol. The molecule has 0 amide bonds. The van der Waals surface area contributed by atoms with Gasteiger partial charge in [0.1, 0.15) is 5.82 Å². The minimum atomic E-state index is -0.847. The zero-order valence-electron chi connectivity index (χ0n) is 9.34. The molecule has 92 valence electrons. The highest BCUT2D eigenvalue weighted by Gasteiger charge is 2.26. The first-order valence-electron chi connectivity index (χ1n) is 5.24. The van der Waals surface area contributed by atoms with Crippen molar-refractivity contribution in [2.75, 3.05) is 7.11 Å². The van der Waals surface area contributed by atoms with E-state index >= 15 is 0 Å². The van der Waals surface area contributed by atoms with E-state index in [2.05, 4.69) is 9.72 Å². The van der Waals surface area contributed by atoms with Gasteiger partial charge in [-0.25, -0.2) is 9.78 Å². The lowest BCUT2D eigenvalue weighted by atomic mass is 10.1. The number of carbonyl (C=O) groups is 1. The van der Waals surface area contributed by atoms with E-state index in [4.69, 9.17) is 5.73 Å². The summed E-state index contributed by atoms with van der Waals surface area (Å²) in [5, 5.41) is 9.60. The maximum absolute atomic E-state index is 11.8. The summed E-state index contributed by atoms with van der Waals surface area (Å²) in [6.45, 7) is 0.448. The van der Waals surface area contributed by atoms with E-state index in [9.17, 15) is 14.7 Å². The molecule has 0 aromatic carbocycles. The third kappa shape index (κ3) is 1.78. The fourth-order valence-corrected chi connectivity index (χ4v) is 1.90. The van der Waals surface area contributed by atoms with E-state index in [-0.39, 0.29) is 5.69 Å². The van der Waals surface area contributed by atoms with Crippen molar-refractivity contribution < 1.29 is 14.6 Å². The lowest BCUT2D eigenvalue weighted by Crippen LogP contribution is -2.34. The molecule has 1 atom stereocenters. The minimum absolute atomic E-state index is 0.319. The van der Waals surface area contributed by atoms with Gasteiger partial charge in [0.2, 0.25) is 5.75 Å². The van der Waals surface area contributed by atoms with Gasteiger partial charge in [-0.2, -0.15) is 0 Å². The molecule has 0 fully saturated rings. The summed E-state index contributed by atoms with van der Waals surface area (Å²) in [4.78, 5) is 27.1. The van der Waals surface area contributed by atoms with Crippen molar-refractivity contribution in [3.05, 3.63) is 21.9 Å². The Balaban J connectivity index is 2.66. The van der Waals surface area contributed by atoms with Crippen LogP contribution in [-0.4, -0.2) is 27.7 Å². The van der Waals surface area contributed by atoms with Crippen molar-refractivity contribution in [2.24, 2.45) is 5.73 Å². The number of carbonyl (C=O) groups excluding carboxylic acids is 1. The number of nitrogens with two attached hydrogens (primary N) is 1. The van der Waals surface area contributed by atoms with Gasteiger partial charge in [-0.05, 0) is 12.8 Å². The molecular weight excluding hydrogens is 226 g/mol. The molecule has 0 unspecified atom stereocenters. The highest BCUT2D eigenvalue weighted by molar-refractivity contribution is 5.89. The van der Waals surface area contributed by atoms with Gasteiger partial charge in [-0.1, -0.05) is 0 Å². The second kappa shape index (κ2) is 4.17. The van der Waals surface area contributed by atoms with Crippen LogP contribution in [0.25, 0.3) is 0 Å². The van der Waals surface area contributed by atoms with E-state index in [1.54, 1.807) is 0 Å². The zero-order valence-corrected chi connectivity index (χ0v) is 9.34. The number of hydrogen-bond donors (Lipinski definition) is 2. The third-order valence-corrected chi connectivity index (χ3v) is 2.78. The molecule has 0 saturated heterocycles. The van der Waals surface area contributed by atoms with Crippen LogP contribution in [0.15, 0.2) is 4.79 Å². The first-order chi connectivity index (χ1) is 8.06. The van der Waals surface area contributed by atoms with E-state index < -0.39 is 23.3 Å². The van der Waals surface area contributed by atoms with Gasteiger partial charge >= 0.3 is 5.97 Å². The zero-order chi connectivity index (χ0) is 12.6. The summed E-state index contributed by atoms with van der Waals surface area (Å²) < 4.78 is 5.75. The number of ether oxygens (including phenoxy) is 1. The summed E-state index contributed by atoms with van der Waals surface area (Å²) in [6, 6.07) is -0.402. The van der Waals surface area contributed by atoms with Crippen molar-refractivity contribution in [1.82, 2.24) is 9.55 Å². The molecule has 1 aromatic rings. The molecule has 2 heterocycles. The molecule has 17 heavy (non-hydrogen) atoms. The van der Waals surface area contributed by atoms with Crippen LogP contribution in [0.2, 0.25) is 0 Å². The van der Waals surface area contributed by atoms with Gasteiger partial charge in [0.25, 0.3) is 5.56 Å². The monoisotopic (exact) mass is 239 g/mol. The highest BCUT2D eigenvalue weighted by Crippen LogP contribution is 2.22. The van der Waals surface area contributed by atoms with Crippen molar-refractivity contribution in [3.63, 3.8) is 0 Å². The molecular formula is C10H13N3O4. The quantitative estimate of drug-likeness (QED) is 0.641. The van der Waals surface area contributed by atoms with Crippen molar-refractivity contribution >= 4 is 5.97 Å². The third-order valence-electron chi connectivity index (χ3n) is 2.78. The molecule has 1 aromatic heterocycles. The topological polar surface area (TPSA) is 107 Å². The maximum Gasteiger partial charge on any atom is 0.360 e. The molecule has 0 aliphatic carbocycles. The van der Waals surface area contributed by atoms with Crippen LogP contribution in [0.4, 0.5) is 0 Å². The van der Waals surface area contributed by atoms with Crippen LogP contribution in [0.3, 0.4) is 0 Å². The predicted octanol–water partition coefficient (Wildman–Crippen LogP) is -0.471. The normalized spacial score (nSPS) is 18.6. The maximum atomic E-state index is 11.8. The molecule has 0 bridgehead atoms. The Hall–Kier alpha value is -1.89. The van der Waals surface area contributed by atoms with Gasteiger partial charge in [-0.15, -0.1) is 0 Å². The Morgan fingerprint density at radius 1 is 1.65 bits per heavy atom. The summed E-state index contributed by atoms with van der Waals surface area (Å²) in [5.41, 5.74) is 4.80. The van der Waals surface area contributed by atoms with Crippen LogP contribution in [0.5, 0.6) is 5.75 Å². The number of fused-ring (bicyclic) bond motifs is 1. The fourth-order valence-electron chi connectivity index (χ4n) is 1.90. The average molecular weight is 239 g/mol. The van der Waals surface area contributed by atoms with Crippen LogP contribution in [-0.2, 0) is 11.3 Å². The number of nitrogens with zero attached hydrogens (tertiary/aromatic N) is 2. The van der Waals surface area contributed by atoms with E-state index in [1.165, 1.54) is 4.57 Å². The van der Waals surface area contributed by atoms with Crippen molar-refractivity contribution in [1.29, 1.82) is 0 Å². The molecule has 1 aliphatic rings. The Kier molecular flexibility index (Phi) is 2.84. The summed E-state index contributed by atoms with van der Waals surface area (Å²) in [7, 11) is 1.15. The lowest BCUT2D eigenvalue weighted by molar-refractivity contribution is 0.0588. The number of esters is 1. The van der Waals surface area contributed by atoms with E-state index in [1.807, 2.05) is 0 Å². The fraction of sp³-hybridized carbons (Fsp3) is 0.500. The van der Waals surface area contributed by atoms with Gasteiger partial charge in [0, 0.05) is 6.54 Å². The van der Waals surface area contributed by atoms with E-state index in [0.29, 0.717) is 18.8 Å². The second-order valence-electron chi connectivity index (χ2n) is 3.86. The number of hydrogen-bond acceptors (Lipinski definition) is 6. The molecule has 3 N–H and O–H groups in total. The SMILES string of the molecule is COC(=O)c1nc2n(c(=O)c1O)CCC[C@@H]2N. The summed E-state index contributed by atoms with van der Waals surface area (Å²) >= 11 is 0. The average Bonchev–Trinajstić information content (AvgIpc) is 2.33. The summed E-state index contributed by atoms with van der Waals surface area (Å²) in [5.74, 6) is -1.21. The van der Waals surface area contributed by atoms with E-state index in [0.717, 1.165) is 13.5 Å². The Labute approximate surface area is 96.8 Å². The Morgan fingerprint density at radius 3 is 3.00 bits per heavy atom. The molecule has 0 saturated carbocycles. The molecule has 1 aliphatic heterocycles. The first-order valence-corrected chi connectivity index (χ1v) is 5.24. The molecule has 0 spiro atoms. The Morgan fingerprint density at radius 2 is 2.35 bits per heavy atom. The minimum Gasteiger partial charge on any atom is -0.501 e. The summed E-state index contributed by atoms with van der Waals surface area (Å²) in [6.07, 6.45) is 1.44. The first kappa shape index (κ1) is 11.6. The van der Waals surface area contributed by atoms with Gasteiger partial charge in [0.15, 0.2) is 5.69 Å². The van der Waals surface area contributed by atoms with Crippen LogP contribution in [0.1, 0.15) is 35.2 Å². The second-order valence-corrected chi connectivity index (χ2v) is 3.86. The standard InChI is InChI=1S/C10H13N3O4/c1-17-10(16)6-7(14)9(15)13-4-2-3-5(11)8(13)12-6/h5,14H,2-4,11H2,1H3/t5-/m0/s1. The number of aromatic nitrogens is 2. The van der Waals surface area contributed by atoms with Crippen LogP contribution >= 0.6 is 0 Å². The van der Waals surface area contributed by atoms with Gasteiger partial charge in [0.05, 0.1) is 13.2 Å². The van der Waals surface area contributed by atoms with Crippen LogP contribution < -0.4 is 11.3 Å². The number of rotatable bonds is 1. The number of methoxy groups -OCH3 is 1. The Bertz CT molecular complexity index is 523. The molecule has 7 nitrogen and oxygen atoms in total. The van der Waals surface area contributed by atoms with Crippen molar-refractivity contribution in [2.45, 2.75) is 25.4 Å².